The second-order valence-electron chi connectivity index (χ2n) is 7.71. The molecule has 2 aliphatic rings. The second kappa shape index (κ2) is 11.9. The van der Waals surface area contributed by atoms with Gasteiger partial charge in [0.2, 0.25) is 0 Å². The summed E-state index contributed by atoms with van der Waals surface area (Å²) in [6.07, 6.45) is 0. The fraction of sp³-hybridized carbons (Fsp3) is 0.391. The summed E-state index contributed by atoms with van der Waals surface area (Å²) in [7, 11) is 2.01. The fourth-order valence-corrected chi connectivity index (χ4v) is 3.92. The van der Waals surface area contributed by atoms with Gasteiger partial charge in [0.1, 0.15) is 25.3 Å². The van der Waals surface area contributed by atoms with E-state index in [9.17, 15) is 0 Å². The van der Waals surface area contributed by atoms with Crippen LogP contribution in [0.2, 0.25) is 10.0 Å². The molecule has 0 amide bonds. The topological polar surface area (TPSA) is 102 Å². The Bertz CT molecular complexity index is 970. The van der Waals surface area contributed by atoms with E-state index >= 15 is 0 Å². The van der Waals surface area contributed by atoms with Crippen molar-refractivity contribution in [3.05, 3.63) is 58.6 Å². The highest BCUT2D eigenvalue weighted by atomic mass is 35.5. The maximum Gasteiger partial charge on any atom is 0.282 e. The number of anilines is 2. The monoisotopic (exact) mass is 492 g/mol. The number of nitrogens with zero attached hydrogens (tertiary/aromatic N) is 4. The Morgan fingerprint density at radius 2 is 1.48 bits per heavy atom. The summed E-state index contributed by atoms with van der Waals surface area (Å²) in [5.41, 5.74) is 13.1. The summed E-state index contributed by atoms with van der Waals surface area (Å²) in [5, 5.41) is 1.49. The molecule has 0 unspecified atom stereocenters. The lowest BCUT2D eigenvalue weighted by Gasteiger charge is -2.25. The van der Waals surface area contributed by atoms with Crippen LogP contribution in [0.5, 0.6) is 0 Å². The van der Waals surface area contributed by atoms with Crippen LogP contribution >= 0.6 is 23.2 Å². The molecular weight excluding hydrogens is 463 g/mol. The maximum atomic E-state index is 6.18. The fourth-order valence-electron chi connectivity index (χ4n) is 3.54. The summed E-state index contributed by atoms with van der Waals surface area (Å²) in [4.78, 5) is 12.7. The van der Waals surface area contributed by atoms with Gasteiger partial charge in [0.25, 0.3) is 12.0 Å². The number of aliphatic imine (C=N–C) groups is 2. The third-order valence-electron chi connectivity index (χ3n) is 5.22. The number of benzene rings is 2. The zero-order valence-corrected chi connectivity index (χ0v) is 20.3. The van der Waals surface area contributed by atoms with Crippen LogP contribution < -0.4 is 21.3 Å². The average Bonchev–Trinajstić information content (AvgIpc) is 3.40. The Morgan fingerprint density at radius 3 is 2.00 bits per heavy atom. The van der Waals surface area contributed by atoms with Crippen molar-refractivity contribution in [3.63, 3.8) is 0 Å². The van der Waals surface area contributed by atoms with Crippen molar-refractivity contribution in [1.82, 2.24) is 0 Å². The van der Waals surface area contributed by atoms with E-state index in [1.54, 1.807) is 0 Å². The lowest BCUT2D eigenvalue weighted by molar-refractivity contribution is 0.313. The molecule has 8 nitrogen and oxygen atoms in total. The van der Waals surface area contributed by atoms with Crippen molar-refractivity contribution in [2.24, 2.45) is 21.5 Å². The van der Waals surface area contributed by atoms with Crippen molar-refractivity contribution in [1.29, 1.82) is 0 Å². The number of nitrogens with two attached hydrogens (primary N) is 2. The second-order valence-corrected chi connectivity index (χ2v) is 8.55. The Balaban J connectivity index is 0.000000186. The Morgan fingerprint density at radius 1 is 0.909 bits per heavy atom. The van der Waals surface area contributed by atoms with Gasteiger partial charge in [-0.1, -0.05) is 35.3 Å². The molecule has 4 rings (SSSR count). The minimum atomic E-state index is 0.0891. The Labute approximate surface area is 204 Å². The van der Waals surface area contributed by atoms with Gasteiger partial charge in [0.05, 0.1) is 10.7 Å². The van der Waals surface area contributed by atoms with Crippen LogP contribution in [-0.4, -0.2) is 64.0 Å². The minimum absolute atomic E-state index is 0.0891. The molecule has 2 heterocycles. The molecule has 4 N–H and O–H groups in total. The molecule has 0 fully saturated rings. The number of halogens is 2. The predicted octanol–water partition coefficient (Wildman–Crippen LogP) is 3.37. The lowest BCUT2D eigenvalue weighted by Crippen LogP contribution is -2.32. The SMILES string of the molecule is CCN(C[C@H]1COC(N)=N1)c1ccccc1Cl.CN(C[C@@H]1COC(N)=N1)c1ccc(Cl)cc1. The van der Waals surface area contributed by atoms with Crippen molar-refractivity contribution in [2.75, 3.05) is 49.7 Å². The van der Waals surface area contributed by atoms with Gasteiger partial charge < -0.3 is 30.7 Å². The number of para-hydroxylation sites is 1. The van der Waals surface area contributed by atoms with Gasteiger partial charge in [-0.15, -0.1) is 0 Å². The molecule has 0 aromatic heterocycles. The van der Waals surface area contributed by atoms with Gasteiger partial charge in [-0.05, 0) is 43.3 Å². The zero-order chi connectivity index (χ0) is 23.8. The van der Waals surface area contributed by atoms with E-state index in [0.29, 0.717) is 13.2 Å². The van der Waals surface area contributed by atoms with E-state index in [4.69, 9.17) is 44.1 Å². The summed E-state index contributed by atoms with van der Waals surface area (Å²) in [6, 6.07) is 16.3. The van der Waals surface area contributed by atoms with Crippen LogP contribution in [-0.2, 0) is 9.47 Å². The number of hydrogen-bond donors (Lipinski definition) is 2. The summed E-state index contributed by atoms with van der Waals surface area (Å²) in [6.45, 7) is 5.61. The standard InChI is InChI=1S/C12H16ClN3O.C11H14ClN3O/c1-2-16(7-9-8-17-12(14)15-9)11-6-4-3-5-10(11)13;1-15(6-9-7-16-11(13)14-9)10-4-2-8(12)3-5-10/h3-6,9H,2,7-8H2,1H3,(H2,14,15);2-5,9H,6-7H2,1H3,(H2,13,14)/t2*9-/m01/s1. The minimum Gasteiger partial charge on any atom is -0.463 e. The zero-order valence-electron chi connectivity index (χ0n) is 18.8. The molecule has 178 valence electrons. The summed E-state index contributed by atoms with van der Waals surface area (Å²) >= 11 is 12.0. The van der Waals surface area contributed by atoms with Crippen LogP contribution in [0.1, 0.15) is 6.92 Å². The van der Waals surface area contributed by atoms with E-state index in [1.165, 1.54) is 0 Å². The third kappa shape index (κ3) is 7.33. The molecule has 2 aliphatic heterocycles. The molecule has 2 aromatic rings. The van der Waals surface area contributed by atoms with E-state index in [-0.39, 0.29) is 24.1 Å². The molecule has 0 saturated heterocycles. The first-order valence-corrected chi connectivity index (χ1v) is 11.5. The molecule has 0 spiro atoms. The maximum absolute atomic E-state index is 6.18. The van der Waals surface area contributed by atoms with Crippen LogP contribution in [0.15, 0.2) is 58.5 Å². The van der Waals surface area contributed by atoms with Crippen molar-refractivity contribution < 1.29 is 9.47 Å². The normalized spacial score (nSPS) is 18.9. The first-order valence-electron chi connectivity index (χ1n) is 10.7. The average molecular weight is 493 g/mol. The van der Waals surface area contributed by atoms with E-state index < -0.39 is 0 Å². The highest BCUT2D eigenvalue weighted by molar-refractivity contribution is 6.33. The quantitative estimate of drug-likeness (QED) is 0.614. The number of ether oxygens (including phenoxy) is 2. The van der Waals surface area contributed by atoms with Gasteiger partial charge in [-0.2, -0.15) is 0 Å². The highest BCUT2D eigenvalue weighted by Crippen LogP contribution is 2.25. The molecule has 2 atom stereocenters. The molecular formula is C23H30Cl2N6O2. The van der Waals surface area contributed by atoms with Gasteiger partial charge in [-0.3, -0.25) is 0 Å². The summed E-state index contributed by atoms with van der Waals surface area (Å²) < 4.78 is 10.2. The van der Waals surface area contributed by atoms with Gasteiger partial charge in [0, 0.05) is 37.4 Å². The number of rotatable bonds is 7. The number of amidine groups is 2. The van der Waals surface area contributed by atoms with E-state index in [2.05, 4.69) is 26.7 Å². The smallest absolute Gasteiger partial charge is 0.282 e. The van der Waals surface area contributed by atoms with Crippen LogP contribution in [0.25, 0.3) is 0 Å². The largest absolute Gasteiger partial charge is 0.463 e. The molecule has 10 heteroatoms. The highest BCUT2D eigenvalue weighted by Gasteiger charge is 2.21. The number of hydrogen-bond acceptors (Lipinski definition) is 8. The van der Waals surface area contributed by atoms with Gasteiger partial charge in [0.15, 0.2) is 0 Å². The molecule has 33 heavy (non-hydrogen) atoms. The van der Waals surface area contributed by atoms with Gasteiger partial charge in [-0.25, -0.2) is 9.98 Å². The number of likely N-dealkylation sites (N-methyl/N-ethyl adjacent to an activating group) is 2. The van der Waals surface area contributed by atoms with Crippen molar-refractivity contribution >= 4 is 46.6 Å². The van der Waals surface area contributed by atoms with E-state index in [1.807, 2.05) is 55.6 Å². The Kier molecular flexibility index (Phi) is 8.91. The van der Waals surface area contributed by atoms with E-state index in [0.717, 1.165) is 41.1 Å². The predicted molar refractivity (Wildman–Crippen MR) is 137 cm³/mol. The van der Waals surface area contributed by atoms with Crippen LogP contribution in [0.3, 0.4) is 0 Å². The summed E-state index contributed by atoms with van der Waals surface area (Å²) in [5.74, 6) is 0. The Hall–Kier alpha value is -2.84. The van der Waals surface area contributed by atoms with Crippen molar-refractivity contribution in [3.8, 4) is 0 Å². The lowest BCUT2D eigenvalue weighted by atomic mass is 10.2. The molecule has 0 radical (unpaired) electrons. The van der Waals surface area contributed by atoms with Gasteiger partial charge >= 0.3 is 0 Å². The van der Waals surface area contributed by atoms with Crippen molar-refractivity contribution in [2.45, 2.75) is 19.0 Å². The molecule has 2 aromatic carbocycles. The molecule has 0 saturated carbocycles. The first-order chi connectivity index (χ1) is 15.9. The molecule has 0 bridgehead atoms. The molecule has 0 aliphatic carbocycles. The van der Waals surface area contributed by atoms with Crippen LogP contribution in [0, 0.1) is 0 Å². The van der Waals surface area contributed by atoms with Crippen LogP contribution in [0.4, 0.5) is 11.4 Å². The third-order valence-corrected chi connectivity index (χ3v) is 5.80. The first kappa shape index (κ1) is 24.8.